The van der Waals surface area contributed by atoms with Crippen LogP contribution in [0.4, 0.5) is 5.82 Å². The summed E-state index contributed by atoms with van der Waals surface area (Å²) in [6.07, 6.45) is 4.89. The Morgan fingerprint density at radius 3 is 2.81 bits per heavy atom. The van der Waals surface area contributed by atoms with Crippen LogP contribution in [0.2, 0.25) is 0 Å². The van der Waals surface area contributed by atoms with Gasteiger partial charge in [0, 0.05) is 12.0 Å². The summed E-state index contributed by atoms with van der Waals surface area (Å²) < 4.78 is 24.1. The van der Waals surface area contributed by atoms with Crippen molar-refractivity contribution in [2.24, 2.45) is 0 Å². The molecule has 1 saturated heterocycles. The first-order chi connectivity index (χ1) is 15.4. The highest BCUT2D eigenvalue weighted by Crippen LogP contribution is 2.41. The second-order valence-electron chi connectivity index (χ2n) is 8.30. The molecule has 0 amide bonds. The summed E-state index contributed by atoms with van der Waals surface area (Å²) in [6, 6.07) is 9.31. The molecule has 2 aliphatic rings. The minimum absolute atomic E-state index is 0.102. The van der Waals surface area contributed by atoms with Crippen molar-refractivity contribution in [3.8, 4) is 11.8 Å². The van der Waals surface area contributed by atoms with Crippen LogP contribution in [0.15, 0.2) is 36.9 Å². The van der Waals surface area contributed by atoms with E-state index in [1.807, 2.05) is 45.9 Å². The molecule has 4 rings (SSSR count). The summed E-state index contributed by atoms with van der Waals surface area (Å²) in [6.45, 7) is 8.24. The van der Waals surface area contributed by atoms with Crippen LogP contribution in [-0.2, 0) is 14.2 Å². The number of fused-ring (bicyclic) bond motifs is 1. The number of ether oxygens (including phenoxy) is 4. The smallest absolute Gasteiger partial charge is 0.164 e. The summed E-state index contributed by atoms with van der Waals surface area (Å²) >= 11 is 0. The van der Waals surface area contributed by atoms with E-state index in [2.05, 4.69) is 21.4 Å². The monoisotopic (exact) mass is 436 g/mol. The Kier molecular flexibility index (Phi) is 6.31. The van der Waals surface area contributed by atoms with Gasteiger partial charge in [0.2, 0.25) is 0 Å². The van der Waals surface area contributed by atoms with E-state index in [0.29, 0.717) is 30.2 Å². The molecular formula is C24H28N4O4. The highest BCUT2D eigenvalue weighted by atomic mass is 16.8. The summed E-state index contributed by atoms with van der Waals surface area (Å²) in [5.74, 6) is 0.514. The van der Waals surface area contributed by atoms with Gasteiger partial charge in [0.1, 0.15) is 42.3 Å². The molecule has 2 fully saturated rings. The fraction of sp³-hybridized carbons (Fsp3) is 0.458. The minimum Gasteiger partial charge on any atom is -0.501 e. The molecule has 1 aromatic heterocycles. The molecule has 1 aliphatic carbocycles. The van der Waals surface area contributed by atoms with Crippen molar-refractivity contribution >= 4 is 11.9 Å². The molecule has 32 heavy (non-hydrogen) atoms. The van der Waals surface area contributed by atoms with Crippen LogP contribution in [0.3, 0.4) is 0 Å². The maximum Gasteiger partial charge on any atom is 0.164 e. The molecular weight excluding hydrogens is 408 g/mol. The molecule has 1 aromatic carbocycles. The van der Waals surface area contributed by atoms with E-state index in [1.54, 1.807) is 18.4 Å². The van der Waals surface area contributed by atoms with Crippen molar-refractivity contribution in [3.63, 3.8) is 0 Å². The van der Waals surface area contributed by atoms with E-state index >= 15 is 0 Å². The molecule has 8 heteroatoms. The molecule has 0 bridgehead atoms. The Morgan fingerprint density at radius 1 is 1.25 bits per heavy atom. The number of nitriles is 1. The third-order valence-electron chi connectivity index (χ3n) is 5.60. The number of nitrogens with zero attached hydrogens (tertiary/aromatic N) is 3. The number of hydrogen-bond donors (Lipinski definition) is 1. The van der Waals surface area contributed by atoms with Crippen molar-refractivity contribution in [2.75, 3.05) is 11.9 Å². The third-order valence-corrected chi connectivity index (χ3v) is 5.60. The van der Waals surface area contributed by atoms with Gasteiger partial charge in [-0.3, -0.25) is 0 Å². The number of aryl methyl sites for hydroxylation is 1. The molecule has 0 spiro atoms. The summed E-state index contributed by atoms with van der Waals surface area (Å²) in [5.41, 5.74) is 2.19. The second-order valence-corrected chi connectivity index (χ2v) is 8.30. The van der Waals surface area contributed by atoms with Gasteiger partial charge in [-0.15, -0.1) is 0 Å². The van der Waals surface area contributed by atoms with Crippen molar-refractivity contribution in [3.05, 3.63) is 53.7 Å². The predicted octanol–water partition coefficient (Wildman–Crippen LogP) is 3.82. The molecule has 0 radical (unpaired) electrons. The molecule has 0 unspecified atom stereocenters. The van der Waals surface area contributed by atoms with Gasteiger partial charge in [-0.1, -0.05) is 12.1 Å². The average molecular weight is 437 g/mol. The number of para-hydroxylation sites is 1. The SMILES string of the molecule is CCO/C=C/c1c(C)ncnc1N[C@@H]1C[C@H](Oc2ccccc2C#N)[C@H]2OC(C)(C)O[C@H]21. The van der Waals surface area contributed by atoms with E-state index in [4.69, 9.17) is 18.9 Å². The quantitative estimate of drug-likeness (QED) is 0.654. The summed E-state index contributed by atoms with van der Waals surface area (Å²) in [4.78, 5) is 8.76. The lowest BCUT2D eigenvalue weighted by Gasteiger charge is -2.25. The topological polar surface area (TPSA) is 98.5 Å². The van der Waals surface area contributed by atoms with Gasteiger partial charge in [-0.2, -0.15) is 5.26 Å². The number of anilines is 1. The number of benzene rings is 1. The standard InChI is InChI=1S/C24H28N4O4/c1-5-29-11-10-17-15(2)26-14-27-23(17)28-18-12-20(22-21(18)31-24(3,4)32-22)30-19-9-7-6-8-16(19)13-25/h6-11,14,18,20-22H,5,12H2,1-4H3,(H,26,27,28)/b11-10+/t18-,20+,21+,22-/m1/s1. The van der Waals surface area contributed by atoms with Crippen molar-refractivity contribution in [1.82, 2.24) is 9.97 Å². The second kappa shape index (κ2) is 9.15. The summed E-state index contributed by atoms with van der Waals surface area (Å²) in [7, 11) is 0. The maximum absolute atomic E-state index is 9.43. The van der Waals surface area contributed by atoms with Crippen LogP contribution < -0.4 is 10.1 Å². The highest BCUT2D eigenvalue weighted by molar-refractivity contribution is 5.64. The third kappa shape index (κ3) is 4.54. The van der Waals surface area contributed by atoms with E-state index in [-0.39, 0.29) is 24.4 Å². The Bertz CT molecular complexity index is 1030. The summed E-state index contributed by atoms with van der Waals surface area (Å²) in [5, 5.41) is 12.9. The van der Waals surface area contributed by atoms with Crippen LogP contribution in [0.5, 0.6) is 5.75 Å². The Labute approximate surface area is 188 Å². The van der Waals surface area contributed by atoms with Crippen LogP contribution >= 0.6 is 0 Å². The lowest BCUT2D eigenvalue weighted by molar-refractivity contribution is -0.160. The number of nitrogens with one attached hydrogen (secondary N) is 1. The van der Waals surface area contributed by atoms with E-state index in [1.165, 1.54) is 6.33 Å². The molecule has 2 heterocycles. The zero-order chi connectivity index (χ0) is 22.7. The average Bonchev–Trinajstić information content (AvgIpc) is 3.24. The molecule has 1 saturated carbocycles. The van der Waals surface area contributed by atoms with E-state index in [9.17, 15) is 5.26 Å². The first-order valence-electron chi connectivity index (χ1n) is 10.8. The maximum atomic E-state index is 9.43. The molecule has 4 atom stereocenters. The molecule has 168 valence electrons. The predicted molar refractivity (Wildman–Crippen MR) is 119 cm³/mol. The van der Waals surface area contributed by atoms with Crippen LogP contribution in [0.1, 0.15) is 44.0 Å². The first kappa shape index (κ1) is 22.1. The normalized spacial score (nSPS) is 26.0. The molecule has 2 aromatic rings. The minimum atomic E-state index is -0.731. The zero-order valence-electron chi connectivity index (χ0n) is 18.7. The fourth-order valence-corrected chi connectivity index (χ4v) is 4.20. The number of hydrogen-bond acceptors (Lipinski definition) is 8. The van der Waals surface area contributed by atoms with E-state index < -0.39 is 5.79 Å². The van der Waals surface area contributed by atoms with Crippen molar-refractivity contribution in [1.29, 1.82) is 5.26 Å². The molecule has 1 aliphatic heterocycles. The van der Waals surface area contributed by atoms with Crippen molar-refractivity contribution < 1.29 is 18.9 Å². The van der Waals surface area contributed by atoms with Gasteiger partial charge in [-0.05, 0) is 45.9 Å². The lowest BCUT2D eigenvalue weighted by Crippen LogP contribution is -2.35. The van der Waals surface area contributed by atoms with Gasteiger partial charge in [0.15, 0.2) is 5.79 Å². The highest BCUT2D eigenvalue weighted by Gasteiger charge is 2.55. The van der Waals surface area contributed by atoms with Crippen LogP contribution in [0, 0.1) is 18.3 Å². The van der Waals surface area contributed by atoms with Gasteiger partial charge in [0.25, 0.3) is 0 Å². The van der Waals surface area contributed by atoms with Crippen LogP contribution in [-0.4, -0.2) is 46.7 Å². The van der Waals surface area contributed by atoms with Crippen LogP contribution in [0.25, 0.3) is 6.08 Å². The lowest BCUT2D eigenvalue weighted by atomic mass is 10.1. The van der Waals surface area contributed by atoms with Crippen molar-refractivity contribution in [2.45, 2.75) is 64.3 Å². The van der Waals surface area contributed by atoms with Gasteiger partial charge < -0.3 is 24.3 Å². The van der Waals surface area contributed by atoms with Gasteiger partial charge >= 0.3 is 0 Å². The number of aromatic nitrogens is 2. The number of rotatable bonds is 7. The Morgan fingerprint density at radius 2 is 2.03 bits per heavy atom. The fourth-order valence-electron chi connectivity index (χ4n) is 4.20. The van der Waals surface area contributed by atoms with Gasteiger partial charge in [-0.25, -0.2) is 9.97 Å². The van der Waals surface area contributed by atoms with Gasteiger partial charge in [0.05, 0.1) is 30.2 Å². The zero-order valence-corrected chi connectivity index (χ0v) is 18.7. The largest absolute Gasteiger partial charge is 0.501 e. The molecule has 1 N–H and O–H groups in total. The molecule has 8 nitrogen and oxygen atoms in total. The first-order valence-corrected chi connectivity index (χ1v) is 10.8. The van der Waals surface area contributed by atoms with E-state index in [0.717, 1.165) is 11.3 Å². The Balaban J connectivity index is 1.59. The Hall–Kier alpha value is -3.15.